The molecule has 0 aliphatic carbocycles. The summed E-state index contributed by atoms with van der Waals surface area (Å²) >= 11 is 0. The van der Waals surface area contributed by atoms with Crippen molar-refractivity contribution in [2.45, 2.75) is 6.04 Å². The van der Waals surface area contributed by atoms with Crippen molar-refractivity contribution in [3.05, 3.63) is 96.3 Å². The minimum absolute atomic E-state index is 0.268. The van der Waals surface area contributed by atoms with Crippen LogP contribution in [-0.4, -0.2) is 11.0 Å². The van der Waals surface area contributed by atoms with Crippen LogP contribution in [0.5, 0.6) is 0 Å². The van der Waals surface area contributed by atoms with Crippen molar-refractivity contribution < 1.29 is 4.79 Å². The predicted molar refractivity (Wildman–Crippen MR) is 91.1 cm³/mol. The van der Waals surface area contributed by atoms with E-state index in [4.69, 9.17) is 0 Å². The predicted octanol–water partition coefficient (Wildman–Crippen LogP) is 3.99. The number of hydrogen-bond donors (Lipinski definition) is 2. The topological polar surface area (TPSA) is 54.0 Å². The second kappa shape index (κ2) is 7.22. The molecule has 3 rings (SSSR count). The molecule has 0 fully saturated rings. The van der Waals surface area contributed by atoms with E-state index in [0.29, 0.717) is 0 Å². The van der Waals surface area contributed by atoms with Crippen LogP contribution in [0.3, 0.4) is 0 Å². The lowest BCUT2D eigenvalue weighted by Crippen LogP contribution is -2.33. The van der Waals surface area contributed by atoms with Gasteiger partial charge in [-0.2, -0.15) is 0 Å². The van der Waals surface area contributed by atoms with E-state index in [-0.39, 0.29) is 12.1 Å². The zero-order chi connectivity index (χ0) is 15.9. The zero-order valence-corrected chi connectivity index (χ0v) is 12.5. The number of para-hydroxylation sites is 1. The number of amides is 2. The molecule has 3 aromatic rings. The smallest absolute Gasteiger partial charge is 0.320 e. The van der Waals surface area contributed by atoms with Crippen molar-refractivity contribution in [3.63, 3.8) is 0 Å². The van der Waals surface area contributed by atoms with Gasteiger partial charge in [-0.15, -0.1) is 0 Å². The molecule has 0 aliphatic rings. The molecule has 4 heteroatoms. The highest BCUT2D eigenvalue weighted by atomic mass is 16.2. The number of nitrogens with zero attached hydrogens (tertiary/aromatic N) is 1. The summed E-state index contributed by atoms with van der Waals surface area (Å²) < 4.78 is 0. The summed E-state index contributed by atoms with van der Waals surface area (Å²) in [6.45, 7) is 0. The Morgan fingerprint density at radius 1 is 0.826 bits per heavy atom. The third-order valence-corrected chi connectivity index (χ3v) is 3.42. The summed E-state index contributed by atoms with van der Waals surface area (Å²) in [6.07, 6.45) is 1.72. The number of urea groups is 1. The molecule has 0 saturated carbocycles. The van der Waals surface area contributed by atoms with Gasteiger partial charge in [-0.05, 0) is 29.8 Å². The fourth-order valence-corrected chi connectivity index (χ4v) is 2.34. The van der Waals surface area contributed by atoms with Gasteiger partial charge in [0.25, 0.3) is 0 Å². The number of carbonyl (C=O) groups excluding carboxylic acids is 1. The van der Waals surface area contributed by atoms with Crippen molar-refractivity contribution >= 4 is 11.7 Å². The largest absolute Gasteiger partial charge is 0.325 e. The van der Waals surface area contributed by atoms with Crippen LogP contribution in [0.4, 0.5) is 10.5 Å². The van der Waals surface area contributed by atoms with Gasteiger partial charge in [-0.1, -0.05) is 54.6 Å². The summed E-state index contributed by atoms with van der Waals surface area (Å²) in [7, 11) is 0. The molecule has 0 spiro atoms. The van der Waals surface area contributed by atoms with Gasteiger partial charge >= 0.3 is 6.03 Å². The summed E-state index contributed by atoms with van der Waals surface area (Å²) in [5, 5.41) is 5.82. The van der Waals surface area contributed by atoms with Crippen molar-refractivity contribution in [2.24, 2.45) is 0 Å². The maximum Gasteiger partial charge on any atom is 0.320 e. The Morgan fingerprint density at radius 2 is 1.48 bits per heavy atom. The van der Waals surface area contributed by atoms with E-state index in [0.717, 1.165) is 16.9 Å². The molecule has 0 unspecified atom stereocenters. The summed E-state index contributed by atoms with van der Waals surface area (Å²) in [5.41, 5.74) is 2.52. The first-order valence-electron chi connectivity index (χ1n) is 7.41. The molecule has 2 aromatic carbocycles. The van der Waals surface area contributed by atoms with E-state index >= 15 is 0 Å². The summed E-state index contributed by atoms with van der Waals surface area (Å²) in [5.74, 6) is 0. The maximum absolute atomic E-state index is 12.3. The lowest BCUT2D eigenvalue weighted by Gasteiger charge is -2.19. The van der Waals surface area contributed by atoms with E-state index in [1.165, 1.54) is 0 Å². The second-order valence-corrected chi connectivity index (χ2v) is 5.06. The van der Waals surface area contributed by atoms with Crippen LogP contribution >= 0.6 is 0 Å². The number of aromatic nitrogens is 1. The first kappa shape index (κ1) is 14.8. The van der Waals surface area contributed by atoms with Gasteiger partial charge in [0, 0.05) is 11.9 Å². The van der Waals surface area contributed by atoms with Gasteiger partial charge in [0.15, 0.2) is 0 Å². The Bertz CT molecular complexity index is 706. The number of anilines is 1. The van der Waals surface area contributed by atoms with Crippen molar-refractivity contribution in [1.82, 2.24) is 10.3 Å². The van der Waals surface area contributed by atoms with Crippen LogP contribution in [0.15, 0.2) is 85.1 Å². The Hall–Kier alpha value is -3.14. The van der Waals surface area contributed by atoms with E-state index in [1.807, 2.05) is 78.9 Å². The Kier molecular flexibility index (Phi) is 4.64. The summed E-state index contributed by atoms with van der Waals surface area (Å²) in [6, 6.07) is 24.2. The number of hydrogen-bond acceptors (Lipinski definition) is 2. The Morgan fingerprint density at radius 3 is 2.13 bits per heavy atom. The molecular weight excluding hydrogens is 286 g/mol. The molecule has 0 bridgehead atoms. The third-order valence-electron chi connectivity index (χ3n) is 3.42. The molecule has 1 aromatic heterocycles. The van der Waals surface area contributed by atoms with Crippen molar-refractivity contribution in [1.29, 1.82) is 0 Å². The number of carbonyl (C=O) groups is 1. The van der Waals surface area contributed by atoms with Gasteiger partial charge in [0.05, 0.1) is 11.7 Å². The molecule has 0 radical (unpaired) electrons. The average Bonchev–Trinajstić information content (AvgIpc) is 2.62. The molecule has 1 heterocycles. The number of pyridine rings is 1. The van der Waals surface area contributed by atoms with Gasteiger partial charge in [-0.3, -0.25) is 4.98 Å². The third kappa shape index (κ3) is 3.95. The second-order valence-electron chi connectivity index (χ2n) is 5.06. The molecular formula is C19H17N3O. The quantitative estimate of drug-likeness (QED) is 0.765. The van der Waals surface area contributed by atoms with Crippen LogP contribution < -0.4 is 10.6 Å². The molecule has 2 N–H and O–H groups in total. The van der Waals surface area contributed by atoms with Crippen LogP contribution in [0.2, 0.25) is 0 Å². The SMILES string of the molecule is O=C(Nc1ccccc1)N[C@H](c1ccccc1)c1ccccn1. The van der Waals surface area contributed by atoms with Crippen LogP contribution in [0.25, 0.3) is 0 Å². The lowest BCUT2D eigenvalue weighted by molar-refractivity contribution is 0.250. The Labute approximate surface area is 135 Å². The van der Waals surface area contributed by atoms with E-state index < -0.39 is 0 Å². The van der Waals surface area contributed by atoms with Crippen LogP contribution in [0, 0.1) is 0 Å². The molecule has 0 saturated heterocycles. The fourth-order valence-electron chi connectivity index (χ4n) is 2.34. The molecule has 1 atom stereocenters. The minimum atomic E-state index is -0.305. The van der Waals surface area contributed by atoms with Gasteiger partial charge in [0.1, 0.15) is 0 Å². The minimum Gasteiger partial charge on any atom is -0.325 e. The summed E-state index contributed by atoms with van der Waals surface area (Å²) in [4.78, 5) is 16.7. The first-order chi connectivity index (χ1) is 11.3. The van der Waals surface area contributed by atoms with E-state index in [1.54, 1.807) is 6.20 Å². The maximum atomic E-state index is 12.3. The zero-order valence-electron chi connectivity index (χ0n) is 12.5. The van der Waals surface area contributed by atoms with Gasteiger partial charge in [-0.25, -0.2) is 4.79 Å². The fraction of sp³-hybridized carbons (Fsp3) is 0.0526. The molecule has 0 aliphatic heterocycles. The molecule has 114 valence electrons. The van der Waals surface area contributed by atoms with Crippen molar-refractivity contribution in [2.75, 3.05) is 5.32 Å². The highest BCUT2D eigenvalue weighted by Crippen LogP contribution is 2.20. The van der Waals surface area contributed by atoms with E-state index in [2.05, 4.69) is 15.6 Å². The van der Waals surface area contributed by atoms with Crippen LogP contribution in [0.1, 0.15) is 17.3 Å². The number of nitrogens with one attached hydrogen (secondary N) is 2. The van der Waals surface area contributed by atoms with Crippen LogP contribution in [-0.2, 0) is 0 Å². The van der Waals surface area contributed by atoms with E-state index in [9.17, 15) is 4.79 Å². The number of rotatable bonds is 4. The normalized spacial score (nSPS) is 11.5. The highest BCUT2D eigenvalue weighted by molar-refractivity contribution is 5.89. The average molecular weight is 303 g/mol. The molecule has 4 nitrogen and oxygen atoms in total. The van der Waals surface area contributed by atoms with Gasteiger partial charge in [0.2, 0.25) is 0 Å². The molecule has 23 heavy (non-hydrogen) atoms. The Balaban J connectivity index is 1.81. The molecule has 2 amide bonds. The highest BCUT2D eigenvalue weighted by Gasteiger charge is 2.17. The van der Waals surface area contributed by atoms with Gasteiger partial charge < -0.3 is 10.6 Å². The number of benzene rings is 2. The standard InChI is InChI=1S/C19H17N3O/c23-19(21-16-11-5-2-6-12-16)22-18(15-9-3-1-4-10-15)17-13-7-8-14-20-17/h1-14,18H,(H2,21,22,23)/t18-/m1/s1. The van der Waals surface area contributed by atoms with Crippen molar-refractivity contribution in [3.8, 4) is 0 Å². The lowest BCUT2D eigenvalue weighted by atomic mass is 10.0. The monoisotopic (exact) mass is 303 g/mol. The first-order valence-corrected chi connectivity index (χ1v) is 7.41.